The first-order valence-corrected chi connectivity index (χ1v) is 9.20. The van der Waals surface area contributed by atoms with Crippen LogP contribution in [0.2, 0.25) is 0 Å². The number of nitrogens with one attached hydrogen (secondary N) is 1. The zero-order valence-electron chi connectivity index (χ0n) is 16.4. The van der Waals surface area contributed by atoms with E-state index in [4.69, 9.17) is 0 Å². The van der Waals surface area contributed by atoms with Gasteiger partial charge < -0.3 is 5.32 Å². The number of nitro benzene ring substituents is 2. The molecule has 3 aromatic rings. The van der Waals surface area contributed by atoms with Crippen LogP contribution in [0.25, 0.3) is 0 Å². The van der Waals surface area contributed by atoms with Gasteiger partial charge in [-0.3, -0.25) is 25.0 Å². The fourth-order valence-corrected chi connectivity index (χ4v) is 2.50. The molecule has 0 aliphatic heterocycles. The van der Waals surface area contributed by atoms with Crippen molar-refractivity contribution in [1.82, 2.24) is 5.32 Å². The van der Waals surface area contributed by atoms with E-state index in [-0.39, 0.29) is 17.2 Å². The van der Waals surface area contributed by atoms with Gasteiger partial charge in [0.05, 0.1) is 9.85 Å². The third-order valence-electron chi connectivity index (χ3n) is 4.10. The van der Waals surface area contributed by atoms with Gasteiger partial charge in [0, 0.05) is 41.9 Å². The minimum absolute atomic E-state index is 0.0189. The Kier molecular flexibility index (Phi) is 8.34. The predicted molar refractivity (Wildman–Crippen MR) is 113 cm³/mol. The molecule has 0 radical (unpaired) electrons. The first-order chi connectivity index (χ1) is 14.4. The van der Waals surface area contributed by atoms with E-state index >= 15 is 0 Å². The summed E-state index contributed by atoms with van der Waals surface area (Å²) in [6.07, 6.45) is 0. The molecule has 8 nitrogen and oxygen atoms in total. The molecule has 3 aromatic carbocycles. The lowest BCUT2D eigenvalue weighted by Crippen LogP contribution is -2.11. The summed E-state index contributed by atoms with van der Waals surface area (Å²) < 4.78 is 0. The molecular formula is C22H21N3O5. The van der Waals surface area contributed by atoms with Gasteiger partial charge in [0.15, 0.2) is 5.78 Å². The number of nitro groups is 2. The molecule has 154 valence electrons. The number of carbonyl (C=O) groups excluding carboxylic acids is 1. The number of nitrogens with zero attached hydrogens (tertiary/aromatic N) is 2. The van der Waals surface area contributed by atoms with Crippen molar-refractivity contribution >= 4 is 17.2 Å². The molecule has 0 aliphatic rings. The summed E-state index contributed by atoms with van der Waals surface area (Å²) in [5.41, 5.74) is 2.20. The summed E-state index contributed by atoms with van der Waals surface area (Å²) in [7, 11) is 0. The monoisotopic (exact) mass is 407 g/mol. The van der Waals surface area contributed by atoms with Crippen LogP contribution < -0.4 is 5.32 Å². The highest BCUT2D eigenvalue weighted by Crippen LogP contribution is 2.15. The van der Waals surface area contributed by atoms with E-state index in [1.807, 2.05) is 13.0 Å². The van der Waals surface area contributed by atoms with Crippen LogP contribution in [0, 0.1) is 20.2 Å². The first kappa shape index (κ1) is 22.4. The maximum Gasteiger partial charge on any atom is 0.269 e. The summed E-state index contributed by atoms with van der Waals surface area (Å²) in [6.45, 7) is 3.68. The molecule has 3 rings (SSSR count). The average molecular weight is 407 g/mol. The lowest BCUT2D eigenvalue weighted by Gasteiger charge is -2.00. The third-order valence-corrected chi connectivity index (χ3v) is 4.10. The number of benzene rings is 3. The molecular weight excluding hydrogens is 386 g/mol. The summed E-state index contributed by atoms with van der Waals surface area (Å²) in [5.74, 6) is -0.138. The van der Waals surface area contributed by atoms with Crippen LogP contribution in [-0.2, 0) is 6.54 Å². The normalized spacial score (nSPS) is 9.90. The van der Waals surface area contributed by atoms with Gasteiger partial charge >= 0.3 is 0 Å². The Morgan fingerprint density at radius 1 is 0.767 bits per heavy atom. The lowest BCUT2D eigenvalue weighted by atomic mass is 10.0. The predicted octanol–water partition coefficient (Wildman–Crippen LogP) is 4.53. The van der Waals surface area contributed by atoms with Crippen LogP contribution in [0.5, 0.6) is 0 Å². The van der Waals surface area contributed by atoms with Gasteiger partial charge in [0.1, 0.15) is 0 Å². The number of rotatable bonds is 7. The van der Waals surface area contributed by atoms with Crippen molar-refractivity contribution in [1.29, 1.82) is 0 Å². The maximum atomic E-state index is 12.0. The Morgan fingerprint density at radius 2 is 1.23 bits per heavy atom. The highest BCUT2D eigenvalue weighted by Gasteiger charge is 2.10. The van der Waals surface area contributed by atoms with Crippen molar-refractivity contribution in [2.75, 3.05) is 6.54 Å². The van der Waals surface area contributed by atoms with Gasteiger partial charge in [-0.2, -0.15) is 0 Å². The van der Waals surface area contributed by atoms with Gasteiger partial charge in [-0.25, -0.2) is 0 Å². The van der Waals surface area contributed by atoms with Crippen LogP contribution in [0.4, 0.5) is 11.4 Å². The van der Waals surface area contributed by atoms with Crippen LogP contribution in [0.1, 0.15) is 28.4 Å². The molecule has 0 fully saturated rings. The van der Waals surface area contributed by atoms with Gasteiger partial charge in [0.25, 0.3) is 11.4 Å². The van der Waals surface area contributed by atoms with E-state index in [0.717, 1.165) is 18.7 Å². The van der Waals surface area contributed by atoms with Crippen molar-refractivity contribution in [3.05, 3.63) is 116 Å². The zero-order valence-corrected chi connectivity index (χ0v) is 16.4. The van der Waals surface area contributed by atoms with Crippen molar-refractivity contribution in [2.45, 2.75) is 13.5 Å². The molecule has 0 atom stereocenters. The van der Waals surface area contributed by atoms with Gasteiger partial charge in [-0.1, -0.05) is 49.4 Å². The second-order valence-corrected chi connectivity index (χ2v) is 6.20. The zero-order chi connectivity index (χ0) is 21.9. The minimum atomic E-state index is -0.489. The summed E-state index contributed by atoms with van der Waals surface area (Å²) in [6, 6.07) is 21.0. The Balaban J connectivity index is 0.000000222. The molecule has 30 heavy (non-hydrogen) atoms. The highest BCUT2D eigenvalue weighted by molar-refractivity contribution is 6.09. The molecule has 0 bridgehead atoms. The largest absolute Gasteiger partial charge is 0.313 e. The fourth-order valence-electron chi connectivity index (χ4n) is 2.50. The third kappa shape index (κ3) is 6.61. The van der Waals surface area contributed by atoms with Crippen molar-refractivity contribution in [2.24, 2.45) is 0 Å². The molecule has 1 N–H and O–H groups in total. The lowest BCUT2D eigenvalue weighted by molar-refractivity contribution is -0.385. The van der Waals surface area contributed by atoms with E-state index in [1.165, 1.54) is 36.4 Å². The molecule has 0 heterocycles. The van der Waals surface area contributed by atoms with Crippen LogP contribution in [0.15, 0.2) is 78.9 Å². The number of hydrogen-bond donors (Lipinski definition) is 1. The topological polar surface area (TPSA) is 115 Å². The van der Waals surface area contributed by atoms with Crippen LogP contribution >= 0.6 is 0 Å². The maximum absolute atomic E-state index is 12.0. The van der Waals surface area contributed by atoms with Gasteiger partial charge in [-0.15, -0.1) is 0 Å². The molecule has 8 heteroatoms. The van der Waals surface area contributed by atoms with Crippen molar-refractivity contribution in [3.8, 4) is 0 Å². The Hall–Kier alpha value is -3.91. The van der Waals surface area contributed by atoms with Gasteiger partial charge in [0.2, 0.25) is 0 Å². The van der Waals surface area contributed by atoms with E-state index in [2.05, 4.69) is 5.32 Å². The Morgan fingerprint density at radius 3 is 1.70 bits per heavy atom. The molecule has 0 saturated heterocycles. The number of ketones is 1. The minimum Gasteiger partial charge on any atom is -0.313 e. The molecule has 0 aliphatic carbocycles. The molecule has 0 amide bonds. The molecule has 0 aromatic heterocycles. The highest BCUT2D eigenvalue weighted by atomic mass is 16.6. The number of non-ortho nitro benzene ring substituents is 2. The SMILES string of the molecule is CCNCc1ccc([N+](=O)[O-])cc1.O=C(c1ccccc1)c1ccc([N+](=O)[O-])cc1. The van der Waals surface area contributed by atoms with Gasteiger partial charge in [-0.05, 0) is 24.2 Å². The molecule has 0 saturated carbocycles. The second-order valence-electron chi connectivity index (χ2n) is 6.20. The van der Waals surface area contributed by atoms with E-state index in [0.29, 0.717) is 11.1 Å². The second kappa shape index (κ2) is 11.2. The van der Waals surface area contributed by atoms with E-state index < -0.39 is 9.85 Å². The summed E-state index contributed by atoms with van der Waals surface area (Å²) in [4.78, 5) is 31.9. The summed E-state index contributed by atoms with van der Waals surface area (Å²) in [5, 5.41) is 23.9. The Bertz CT molecular complexity index is 988. The average Bonchev–Trinajstić information content (AvgIpc) is 2.78. The van der Waals surface area contributed by atoms with Crippen molar-refractivity contribution in [3.63, 3.8) is 0 Å². The molecule has 0 spiro atoms. The van der Waals surface area contributed by atoms with Crippen LogP contribution in [0.3, 0.4) is 0 Å². The van der Waals surface area contributed by atoms with E-state index in [1.54, 1.807) is 36.4 Å². The molecule has 0 unspecified atom stereocenters. The Labute approximate surface area is 173 Å². The van der Waals surface area contributed by atoms with Crippen LogP contribution in [-0.4, -0.2) is 22.2 Å². The smallest absolute Gasteiger partial charge is 0.269 e. The fraction of sp³-hybridized carbons (Fsp3) is 0.136. The quantitative estimate of drug-likeness (QED) is 0.349. The standard InChI is InChI=1S/C13H9NO3.C9H12N2O2/c15-13(10-4-2-1-3-5-10)11-6-8-12(9-7-11)14(16)17;1-2-10-7-8-3-5-9(6-4-8)11(12)13/h1-9H;3-6,10H,2,7H2,1H3. The van der Waals surface area contributed by atoms with Crippen molar-refractivity contribution < 1.29 is 14.6 Å². The number of carbonyl (C=O) groups is 1. The van der Waals surface area contributed by atoms with E-state index in [9.17, 15) is 25.0 Å². The first-order valence-electron chi connectivity index (χ1n) is 9.20. The summed E-state index contributed by atoms with van der Waals surface area (Å²) >= 11 is 0. The number of hydrogen-bond acceptors (Lipinski definition) is 6.